The molecular formula is C18H23NO. The number of hydrogen-bond acceptors (Lipinski definition) is 2. The van der Waals surface area contributed by atoms with Gasteiger partial charge in [-0.2, -0.15) is 0 Å². The Morgan fingerprint density at radius 3 is 2.25 bits per heavy atom. The van der Waals surface area contributed by atoms with Crippen molar-refractivity contribution in [1.82, 2.24) is 0 Å². The molecule has 0 saturated carbocycles. The molecule has 0 spiro atoms. The van der Waals surface area contributed by atoms with Gasteiger partial charge in [0.15, 0.2) is 0 Å². The van der Waals surface area contributed by atoms with Crippen LogP contribution < -0.4 is 5.73 Å². The van der Waals surface area contributed by atoms with Crippen LogP contribution in [0.2, 0.25) is 0 Å². The molecule has 0 aliphatic heterocycles. The van der Waals surface area contributed by atoms with Gasteiger partial charge in [-0.05, 0) is 55.0 Å². The Labute approximate surface area is 121 Å². The fourth-order valence-electron chi connectivity index (χ4n) is 2.56. The molecule has 3 N–H and O–H groups in total. The Morgan fingerprint density at radius 2 is 1.60 bits per heavy atom. The molecule has 0 aliphatic carbocycles. The Morgan fingerprint density at radius 1 is 0.900 bits per heavy atom. The van der Waals surface area contributed by atoms with E-state index in [-0.39, 0.29) is 0 Å². The second-order valence-electron chi connectivity index (χ2n) is 5.26. The van der Waals surface area contributed by atoms with E-state index in [0.717, 1.165) is 32.2 Å². The second kappa shape index (κ2) is 7.71. The molecule has 0 saturated heterocycles. The molecule has 0 fully saturated rings. The Bertz CT molecular complexity index is 493. The van der Waals surface area contributed by atoms with Crippen LogP contribution in [0.4, 0.5) is 0 Å². The lowest BCUT2D eigenvalue weighted by Gasteiger charge is -2.17. The highest BCUT2D eigenvalue weighted by Gasteiger charge is 2.12. The minimum Gasteiger partial charge on any atom is -0.508 e. The molecule has 20 heavy (non-hydrogen) atoms. The van der Waals surface area contributed by atoms with Gasteiger partial charge in [-0.25, -0.2) is 0 Å². The van der Waals surface area contributed by atoms with Crippen LogP contribution >= 0.6 is 0 Å². The van der Waals surface area contributed by atoms with Crippen LogP contribution in [0, 0.1) is 0 Å². The van der Waals surface area contributed by atoms with E-state index in [9.17, 15) is 5.11 Å². The quantitative estimate of drug-likeness (QED) is 0.750. The molecule has 2 nitrogen and oxygen atoms in total. The van der Waals surface area contributed by atoms with Crippen LogP contribution in [0.3, 0.4) is 0 Å². The number of nitrogens with two attached hydrogens (primary N) is 1. The molecule has 106 valence electrons. The summed E-state index contributed by atoms with van der Waals surface area (Å²) in [4.78, 5) is 0. The van der Waals surface area contributed by atoms with Crippen molar-refractivity contribution in [3.63, 3.8) is 0 Å². The fourth-order valence-corrected chi connectivity index (χ4v) is 2.56. The monoisotopic (exact) mass is 269 g/mol. The normalized spacial score (nSPS) is 12.2. The van der Waals surface area contributed by atoms with Crippen molar-refractivity contribution < 1.29 is 5.11 Å². The maximum Gasteiger partial charge on any atom is 0.115 e. The highest BCUT2D eigenvalue weighted by Crippen LogP contribution is 2.26. The van der Waals surface area contributed by atoms with Gasteiger partial charge in [0.25, 0.3) is 0 Å². The minimum absolute atomic E-state index is 0.327. The molecule has 0 aromatic heterocycles. The molecule has 0 amide bonds. The predicted molar refractivity (Wildman–Crippen MR) is 83.9 cm³/mol. The summed E-state index contributed by atoms with van der Waals surface area (Å²) >= 11 is 0. The lowest BCUT2D eigenvalue weighted by Crippen LogP contribution is -2.05. The standard InChI is InChI=1S/C18H23NO/c19-13-5-4-8-17(16-6-2-1-3-7-16)14-15-9-11-18(20)12-10-15/h1-3,6-7,9-12,17,20H,4-5,8,13-14,19H2. The highest BCUT2D eigenvalue weighted by molar-refractivity contribution is 5.28. The van der Waals surface area contributed by atoms with E-state index >= 15 is 0 Å². The highest BCUT2D eigenvalue weighted by atomic mass is 16.3. The summed E-state index contributed by atoms with van der Waals surface area (Å²) in [7, 11) is 0. The average molecular weight is 269 g/mol. The van der Waals surface area contributed by atoms with Gasteiger partial charge < -0.3 is 10.8 Å². The maximum absolute atomic E-state index is 9.37. The molecule has 2 heteroatoms. The van der Waals surface area contributed by atoms with Gasteiger partial charge in [-0.15, -0.1) is 0 Å². The van der Waals surface area contributed by atoms with E-state index in [1.165, 1.54) is 11.1 Å². The number of phenols is 1. The summed E-state index contributed by atoms with van der Waals surface area (Å²) in [6.07, 6.45) is 4.41. The number of rotatable bonds is 7. The number of hydrogen-bond donors (Lipinski definition) is 2. The summed E-state index contributed by atoms with van der Waals surface area (Å²) in [6.45, 7) is 0.765. The molecule has 0 aliphatic rings. The van der Waals surface area contributed by atoms with Crippen molar-refractivity contribution >= 4 is 0 Å². The van der Waals surface area contributed by atoms with Crippen molar-refractivity contribution in [3.8, 4) is 5.75 Å². The van der Waals surface area contributed by atoms with Gasteiger partial charge in [-0.3, -0.25) is 0 Å². The van der Waals surface area contributed by atoms with E-state index in [2.05, 4.69) is 30.3 Å². The first kappa shape index (κ1) is 14.6. The van der Waals surface area contributed by atoms with Crippen LogP contribution in [-0.2, 0) is 6.42 Å². The van der Waals surface area contributed by atoms with Crippen molar-refractivity contribution in [3.05, 3.63) is 65.7 Å². The molecule has 1 atom stereocenters. The molecular weight excluding hydrogens is 246 g/mol. The summed E-state index contributed by atoms with van der Waals surface area (Å²) in [5, 5.41) is 9.37. The van der Waals surface area contributed by atoms with E-state index in [1.807, 2.05) is 12.1 Å². The van der Waals surface area contributed by atoms with Gasteiger partial charge in [0, 0.05) is 0 Å². The topological polar surface area (TPSA) is 46.2 Å². The summed E-state index contributed by atoms with van der Waals surface area (Å²) in [5.41, 5.74) is 8.25. The summed E-state index contributed by atoms with van der Waals surface area (Å²) < 4.78 is 0. The molecule has 0 bridgehead atoms. The van der Waals surface area contributed by atoms with Crippen LogP contribution in [0.25, 0.3) is 0 Å². The third-order valence-electron chi connectivity index (χ3n) is 3.70. The van der Waals surface area contributed by atoms with Gasteiger partial charge in [0.05, 0.1) is 0 Å². The Hall–Kier alpha value is -1.80. The number of phenolic OH excluding ortho intramolecular Hbond substituents is 1. The molecule has 2 aromatic rings. The van der Waals surface area contributed by atoms with Gasteiger partial charge in [-0.1, -0.05) is 48.9 Å². The largest absolute Gasteiger partial charge is 0.508 e. The summed E-state index contributed by atoms with van der Waals surface area (Å²) in [6, 6.07) is 18.2. The zero-order chi connectivity index (χ0) is 14.2. The van der Waals surface area contributed by atoms with Gasteiger partial charge >= 0.3 is 0 Å². The van der Waals surface area contributed by atoms with Crippen molar-refractivity contribution in [2.75, 3.05) is 6.54 Å². The SMILES string of the molecule is NCCCCC(Cc1ccc(O)cc1)c1ccccc1. The van der Waals surface area contributed by atoms with E-state index in [0.29, 0.717) is 11.7 Å². The molecule has 0 heterocycles. The zero-order valence-electron chi connectivity index (χ0n) is 11.8. The van der Waals surface area contributed by atoms with Crippen molar-refractivity contribution in [2.24, 2.45) is 5.73 Å². The third kappa shape index (κ3) is 4.39. The smallest absolute Gasteiger partial charge is 0.115 e. The Kier molecular flexibility index (Phi) is 5.63. The van der Waals surface area contributed by atoms with Crippen molar-refractivity contribution in [2.45, 2.75) is 31.6 Å². The zero-order valence-corrected chi connectivity index (χ0v) is 11.8. The van der Waals surface area contributed by atoms with Crippen molar-refractivity contribution in [1.29, 1.82) is 0 Å². The van der Waals surface area contributed by atoms with Crippen LogP contribution in [0.15, 0.2) is 54.6 Å². The lowest BCUT2D eigenvalue weighted by atomic mass is 9.88. The number of benzene rings is 2. The van der Waals surface area contributed by atoms with Crippen LogP contribution in [-0.4, -0.2) is 11.7 Å². The first-order valence-corrected chi connectivity index (χ1v) is 7.32. The summed E-state index contributed by atoms with van der Waals surface area (Å²) in [5.74, 6) is 0.848. The molecule has 2 rings (SSSR count). The van der Waals surface area contributed by atoms with E-state index < -0.39 is 0 Å². The van der Waals surface area contributed by atoms with E-state index in [1.54, 1.807) is 12.1 Å². The average Bonchev–Trinajstić information content (AvgIpc) is 2.49. The molecule has 1 unspecified atom stereocenters. The number of unbranched alkanes of at least 4 members (excludes halogenated alkanes) is 1. The second-order valence-corrected chi connectivity index (χ2v) is 5.26. The van der Waals surface area contributed by atoms with E-state index in [4.69, 9.17) is 5.73 Å². The predicted octanol–water partition coefficient (Wildman–Crippen LogP) is 3.85. The minimum atomic E-state index is 0.327. The van der Waals surface area contributed by atoms with Crippen LogP contribution in [0.1, 0.15) is 36.3 Å². The van der Waals surface area contributed by atoms with Gasteiger partial charge in [0.1, 0.15) is 5.75 Å². The van der Waals surface area contributed by atoms with Gasteiger partial charge in [0.2, 0.25) is 0 Å². The molecule has 2 aromatic carbocycles. The Balaban J connectivity index is 2.07. The lowest BCUT2D eigenvalue weighted by molar-refractivity contribution is 0.475. The first-order chi connectivity index (χ1) is 9.79. The molecule has 0 radical (unpaired) electrons. The van der Waals surface area contributed by atoms with Crippen LogP contribution in [0.5, 0.6) is 5.75 Å². The third-order valence-corrected chi connectivity index (χ3v) is 3.70. The fraction of sp³-hybridized carbons (Fsp3) is 0.333. The number of aromatic hydroxyl groups is 1. The first-order valence-electron chi connectivity index (χ1n) is 7.32. The maximum atomic E-state index is 9.37.